The number of urea groups is 1. The van der Waals surface area contributed by atoms with Gasteiger partial charge in [0.1, 0.15) is 0 Å². The molecule has 0 aliphatic carbocycles. The summed E-state index contributed by atoms with van der Waals surface area (Å²) >= 11 is 0. The highest BCUT2D eigenvalue weighted by atomic mass is 16.2. The average molecular weight is 331 g/mol. The molecule has 1 heterocycles. The highest BCUT2D eigenvalue weighted by molar-refractivity contribution is 5.97. The molecular formula is C19H29N3O2. The van der Waals surface area contributed by atoms with E-state index >= 15 is 0 Å². The lowest BCUT2D eigenvalue weighted by Crippen LogP contribution is -2.37. The largest absolute Gasteiger partial charge is 0.338 e. The second-order valence-corrected chi connectivity index (χ2v) is 6.87. The third-order valence-electron chi connectivity index (χ3n) is 4.57. The maximum absolute atomic E-state index is 12.0. The lowest BCUT2D eigenvalue weighted by atomic mass is 10.0. The molecule has 2 amide bonds. The zero-order valence-corrected chi connectivity index (χ0v) is 15.0. The average Bonchev–Trinajstić information content (AvgIpc) is 2.53. The summed E-state index contributed by atoms with van der Waals surface area (Å²) in [6.45, 7) is 9.77. The Hall–Kier alpha value is -1.88. The molecule has 0 spiro atoms. The van der Waals surface area contributed by atoms with Gasteiger partial charge in [-0.1, -0.05) is 19.1 Å². The Labute approximate surface area is 144 Å². The minimum atomic E-state index is -0.217. The van der Waals surface area contributed by atoms with Crippen molar-refractivity contribution in [2.24, 2.45) is 5.92 Å². The van der Waals surface area contributed by atoms with Crippen LogP contribution in [0.2, 0.25) is 0 Å². The van der Waals surface area contributed by atoms with Crippen molar-refractivity contribution in [1.29, 1.82) is 0 Å². The van der Waals surface area contributed by atoms with Crippen LogP contribution in [0.3, 0.4) is 0 Å². The fourth-order valence-electron chi connectivity index (χ4n) is 3.14. The number of nitrogens with one attached hydrogen (secondary N) is 2. The first kappa shape index (κ1) is 18.5. The number of amides is 2. The Morgan fingerprint density at radius 2 is 2.12 bits per heavy atom. The van der Waals surface area contributed by atoms with Gasteiger partial charge in [0, 0.05) is 24.3 Å². The summed E-state index contributed by atoms with van der Waals surface area (Å²) < 4.78 is 0. The number of benzene rings is 1. The monoisotopic (exact) mass is 331 g/mol. The van der Waals surface area contributed by atoms with Crippen LogP contribution in [0.5, 0.6) is 0 Å². The van der Waals surface area contributed by atoms with Crippen molar-refractivity contribution in [1.82, 2.24) is 10.2 Å². The van der Waals surface area contributed by atoms with Crippen molar-refractivity contribution in [2.45, 2.75) is 40.0 Å². The van der Waals surface area contributed by atoms with Gasteiger partial charge in [-0.05, 0) is 63.7 Å². The smallest absolute Gasteiger partial charge is 0.319 e. The van der Waals surface area contributed by atoms with E-state index in [-0.39, 0.29) is 11.8 Å². The number of anilines is 1. The first-order chi connectivity index (χ1) is 11.5. The van der Waals surface area contributed by atoms with E-state index in [1.165, 1.54) is 32.9 Å². The number of carbonyl (C=O) groups excluding carboxylic acids is 2. The fourth-order valence-corrected chi connectivity index (χ4v) is 3.14. The first-order valence-corrected chi connectivity index (χ1v) is 8.84. The molecule has 0 radical (unpaired) electrons. The molecule has 1 unspecified atom stereocenters. The van der Waals surface area contributed by atoms with Crippen LogP contribution in [-0.4, -0.2) is 42.9 Å². The molecule has 132 valence electrons. The molecule has 1 aromatic rings. The van der Waals surface area contributed by atoms with Gasteiger partial charge >= 0.3 is 6.03 Å². The molecule has 1 atom stereocenters. The van der Waals surface area contributed by atoms with Gasteiger partial charge in [-0.15, -0.1) is 0 Å². The molecule has 5 nitrogen and oxygen atoms in total. The molecular weight excluding hydrogens is 302 g/mol. The Kier molecular flexibility index (Phi) is 6.79. The van der Waals surface area contributed by atoms with E-state index in [9.17, 15) is 9.59 Å². The normalized spacial score (nSPS) is 18.2. The van der Waals surface area contributed by atoms with E-state index in [1.54, 1.807) is 12.1 Å². The standard InChI is InChI=1S/C19H29N3O2/c1-14-6-4-10-22(13-14)11-5-9-20-19(24)21-18-12-17(16(3)23)8-7-15(18)2/h7-8,12,14H,4-6,9-11,13H2,1-3H3,(H2,20,21,24). The first-order valence-electron chi connectivity index (χ1n) is 8.84. The summed E-state index contributed by atoms with van der Waals surface area (Å²) in [5, 5.41) is 5.73. The maximum Gasteiger partial charge on any atom is 0.319 e. The van der Waals surface area contributed by atoms with Gasteiger partial charge in [0.05, 0.1) is 0 Å². The van der Waals surface area contributed by atoms with Crippen LogP contribution >= 0.6 is 0 Å². The Bertz CT molecular complexity index is 586. The molecule has 24 heavy (non-hydrogen) atoms. The maximum atomic E-state index is 12.0. The van der Waals surface area contributed by atoms with E-state index in [2.05, 4.69) is 22.5 Å². The van der Waals surface area contributed by atoms with E-state index in [1.807, 2.05) is 13.0 Å². The van der Waals surface area contributed by atoms with Crippen LogP contribution in [0.1, 0.15) is 49.0 Å². The van der Waals surface area contributed by atoms with Gasteiger partial charge in [-0.3, -0.25) is 4.79 Å². The number of aryl methyl sites for hydroxylation is 1. The van der Waals surface area contributed by atoms with Crippen LogP contribution in [0.15, 0.2) is 18.2 Å². The molecule has 1 aromatic carbocycles. The van der Waals surface area contributed by atoms with E-state index < -0.39 is 0 Å². The summed E-state index contributed by atoms with van der Waals surface area (Å²) in [5.74, 6) is 0.778. The third-order valence-corrected chi connectivity index (χ3v) is 4.57. The second kappa shape index (κ2) is 8.83. The Balaban J connectivity index is 1.73. The number of likely N-dealkylation sites (tertiary alicyclic amines) is 1. The topological polar surface area (TPSA) is 61.4 Å². The molecule has 5 heteroatoms. The lowest BCUT2D eigenvalue weighted by molar-refractivity contribution is 0.101. The van der Waals surface area contributed by atoms with Gasteiger partial charge in [-0.25, -0.2) is 4.79 Å². The van der Waals surface area contributed by atoms with Crippen molar-refractivity contribution in [2.75, 3.05) is 31.5 Å². The van der Waals surface area contributed by atoms with Crippen molar-refractivity contribution >= 4 is 17.5 Å². The SMILES string of the molecule is CC(=O)c1ccc(C)c(NC(=O)NCCCN2CCCC(C)C2)c1. The number of hydrogen-bond acceptors (Lipinski definition) is 3. The number of hydrogen-bond donors (Lipinski definition) is 2. The minimum absolute atomic E-state index is 0.00535. The van der Waals surface area contributed by atoms with Gasteiger partial charge in [-0.2, -0.15) is 0 Å². The molecule has 1 saturated heterocycles. The summed E-state index contributed by atoms with van der Waals surface area (Å²) in [5.41, 5.74) is 2.23. The summed E-state index contributed by atoms with van der Waals surface area (Å²) in [6.07, 6.45) is 3.56. The highest BCUT2D eigenvalue weighted by Crippen LogP contribution is 2.17. The van der Waals surface area contributed by atoms with Gasteiger partial charge in [0.15, 0.2) is 5.78 Å². The lowest BCUT2D eigenvalue weighted by Gasteiger charge is -2.30. The van der Waals surface area contributed by atoms with Crippen molar-refractivity contribution < 1.29 is 9.59 Å². The third kappa shape index (κ3) is 5.64. The summed E-state index contributed by atoms with van der Waals surface area (Å²) in [4.78, 5) is 26.0. The van der Waals surface area contributed by atoms with Crippen molar-refractivity contribution in [3.05, 3.63) is 29.3 Å². The molecule has 0 bridgehead atoms. The van der Waals surface area contributed by atoms with Crippen molar-refractivity contribution in [3.63, 3.8) is 0 Å². The minimum Gasteiger partial charge on any atom is -0.338 e. The predicted octanol–water partition coefficient (Wildman–Crippen LogP) is 3.44. The van der Waals surface area contributed by atoms with Crippen LogP contribution < -0.4 is 10.6 Å². The van der Waals surface area contributed by atoms with Gasteiger partial charge in [0.2, 0.25) is 0 Å². The van der Waals surface area contributed by atoms with Crippen LogP contribution in [-0.2, 0) is 0 Å². The van der Waals surface area contributed by atoms with E-state index in [0.29, 0.717) is 17.8 Å². The zero-order chi connectivity index (χ0) is 17.5. The van der Waals surface area contributed by atoms with Gasteiger partial charge < -0.3 is 15.5 Å². The summed E-state index contributed by atoms with van der Waals surface area (Å²) in [6, 6.07) is 5.14. The molecule has 1 aliphatic rings. The Morgan fingerprint density at radius 1 is 1.33 bits per heavy atom. The molecule has 0 aromatic heterocycles. The number of ketones is 1. The van der Waals surface area contributed by atoms with Crippen LogP contribution in [0.25, 0.3) is 0 Å². The number of Topliss-reactive ketones (excluding diaryl/α,β-unsaturated/α-hetero) is 1. The molecule has 2 N–H and O–H groups in total. The number of piperidine rings is 1. The quantitative estimate of drug-likeness (QED) is 0.620. The number of rotatable bonds is 6. The van der Waals surface area contributed by atoms with E-state index in [0.717, 1.165) is 24.4 Å². The van der Waals surface area contributed by atoms with Gasteiger partial charge in [0.25, 0.3) is 0 Å². The fraction of sp³-hybridized carbons (Fsp3) is 0.579. The van der Waals surface area contributed by atoms with E-state index in [4.69, 9.17) is 0 Å². The molecule has 1 fully saturated rings. The van der Waals surface area contributed by atoms with Crippen LogP contribution in [0, 0.1) is 12.8 Å². The van der Waals surface area contributed by atoms with Crippen molar-refractivity contribution in [3.8, 4) is 0 Å². The molecule has 0 saturated carbocycles. The zero-order valence-electron chi connectivity index (χ0n) is 15.0. The summed E-state index contributed by atoms with van der Waals surface area (Å²) in [7, 11) is 0. The van der Waals surface area contributed by atoms with Crippen LogP contribution in [0.4, 0.5) is 10.5 Å². The predicted molar refractivity (Wildman–Crippen MR) is 97.7 cm³/mol. The Morgan fingerprint density at radius 3 is 2.83 bits per heavy atom. The number of carbonyl (C=O) groups is 2. The second-order valence-electron chi connectivity index (χ2n) is 6.87. The molecule has 2 rings (SSSR count). The molecule has 1 aliphatic heterocycles. The highest BCUT2D eigenvalue weighted by Gasteiger charge is 2.15. The number of nitrogens with zero attached hydrogens (tertiary/aromatic N) is 1.